The second kappa shape index (κ2) is 9.39. The van der Waals surface area contributed by atoms with Crippen molar-refractivity contribution in [2.75, 3.05) is 10.2 Å². The van der Waals surface area contributed by atoms with E-state index in [4.69, 9.17) is 16.3 Å². The quantitative estimate of drug-likeness (QED) is 0.275. The van der Waals surface area contributed by atoms with Gasteiger partial charge in [0, 0.05) is 5.69 Å². The Kier molecular flexibility index (Phi) is 6.50. The van der Waals surface area contributed by atoms with Gasteiger partial charge in [0.2, 0.25) is 0 Å². The lowest BCUT2D eigenvalue weighted by atomic mass is 10.1. The van der Waals surface area contributed by atoms with Crippen molar-refractivity contribution >= 4 is 40.8 Å². The first-order chi connectivity index (χ1) is 16.6. The summed E-state index contributed by atoms with van der Waals surface area (Å²) in [7, 11) is 0. The van der Waals surface area contributed by atoms with Crippen molar-refractivity contribution in [3.8, 4) is 5.75 Å². The normalized spacial score (nSPS) is 13.5. The number of nitrogens with zero attached hydrogens (tertiary/aromatic N) is 1. The molecule has 1 aliphatic rings. The molecule has 3 aromatic carbocycles. The van der Waals surface area contributed by atoms with E-state index in [1.807, 2.05) is 58.9 Å². The minimum Gasteiger partial charge on any atom is -0.422 e. The maximum Gasteiger partial charge on any atom is 0.343 e. The van der Waals surface area contributed by atoms with Crippen molar-refractivity contribution < 1.29 is 19.1 Å². The van der Waals surface area contributed by atoms with E-state index in [9.17, 15) is 14.4 Å². The average Bonchev–Trinajstić information content (AvgIpc) is 3.04. The second-order valence-corrected chi connectivity index (χ2v) is 9.05. The number of benzene rings is 3. The average molecular weight is 489 g/mol. The van der Waals surface area contributed by atoms with Crippen molar-refractivity contribution in [1.29, 1.82) is 0 Å². The zero-order chi connectivity index (χ0) is 25.4. The third-order valence-electron chi connectivity index (χ3n) is 6.09. The van der Waals surface area contributed by atoms with E-state index in [0.29, 0.717) is 22.7 Å². The maximum absolute atomic E-state index is 13.1. The Morgan fingerprint density at radius 3 is 2.14 bits per heavy atom. The zero-order valence-corrected chi connectivity index (χ0v) is 20.9. The van der Waals surface area contributed by atoms with E-state index in [1.165, 1.54) is 0 Å². The van der Waals surface area contributed by atoms with Gasteiger partial charge in [-0.3, -0.25) is 9.59 Å². The molecule has 0 radical (unpaired) electrons. The van der Waals surface area contributed by atoms with Crippen LogP contribution in [0.15, 0.2) is 65.3 Å². The molecule has 0 atom stereocenters. The van der Waals surface area contributed by atoms with Gasteiger partial charge < -0.3 is 10.1 Å². The summed E-state index contributed by atoms with van der Waals surface area (Å²) in [5.74, 6) is -1.06. The van der Waals surface area contributed by atoms with Gasteiger partial charge in [-0.05, 0) is 92.8 Å². The highest BCUT2D eigenvalue weighted by molar-refractivity contribution is 6.53. The Balaban J connectivity index is 1.52. The molecule has 3 aromatic rings. The highest BCUT2D eigenvalue weighted by Gasteiger charge is 2.39. The maximum atomic E-state index is 13.1. The van der Waals surface area contributed by atoms with Crippen LogP contribution in [0.1, 0.15) is 38.2 Å². The first-order valence-electron chi connectivity index (χ1n) is 11.1. The number of hydrogen-bond acceptors (Lipinski definition) is 5. The summed E-state index contributed by atoms with van der Waals surface area (Å²) in [5.41, 5.74) is 5.85. The molecule has 2 amide bonds. The second-order valence-electron chi connectivity index (χ2n) is 8.67. The van der Waals surface area contributed by atoms with Crippen molar-refractivity contribution in [3.05, 3.63) is 98.7 Å². The predicted octanol–water partition coefficient (Wildman–Crippen LogP) is 5.88. The highest BCUT2D eigenvalue weighted by Crippen LogP contribution is 2.33. The van der Waals surface area contributed by atoms with Gasteiger partial charge in [0.05, 0.1) is 11.3 Å². The van der Waals surface area contributed by atoms with Crippen LogP contribution in [-0.2, 0) is 9.59 Å². The van der Waals surface area contributed by atoms with Gasteiger partial charge >= 0.3 is 5.97 Å². The molecule has 7 heteroatoms. The van der Waals surface area contributed by atoms with Gasteiger partial charge in [-0.15, -0.1) is 0 Å². The number of amides is 2. The molecule has 0 fully saturated rings. The van der Waals surface area contributed by atoms with E-state index in [0.717, 1.165) is 32.7 Å². The van der Waals surface area contributed by atoms with Gasteiger partial charge in [0.15, 0.2) is 0 Å². The lowest BCUT2D eigenvalue weighted by Crippen LogP contribution is -2.32. The number of carbonyl (C=O) groups is 3. The number of nitrogens with one attached hydrogen (secondary N) is 1. The van der Waals surface area contributed by atoms with Gasteiger partial charge in [0.25, 0.3) is 11.8 Å². The Morgan fingerprint density at radius 2 is 1.46 bits per heavy atom. The molecule has 1 heterocycles. The first kappa shape index (κ1) is 24.2. The SMILES string of the molecule is Cc1ccc(C)c(N2C(=O)C(Cl)=C(Nc3ccc(C(=O)Oc4c(C)ccc(C)c4C)cc3)C2=O)c1. The number of esters is 1. The molecule has 0 aliphatic carbocycles. The fraction of sp³-hybridized carbons (Fsp3) is 0.179. The third-order valence-corrected chi connectivity index (χ3v) is 6.44. The number of aryl methyl sites for hydroxylation is 4. The lowest BCUT2D eigenvalue weighted by Gasteiger charge is -2.18. The summed E-state index contributed by atoms with van der Waals surface area (Å²) in [4.78, 5) is 39.7. The summed E-state index contributed by atoms with van der Waals surface area (Å²) in [6.07, 6.45) is 0. The standard InChI is InChI=1S/C28H25ClN2O4/c1-15-6-7-17(3)22(14-15)31-26(32)23(29)24(27(31)33)30-21-12-10-20(11-13-21)28(34)35-25-18(4)9-8-16(2)19(25)5/h6-14,30H,1-5H3. The molecule has 0 aromatic heterocycles. The molecule has 1 aliphatic heterocycles. The van der Waals surface area contributed by atoms with Crippen molar-refractivity contribution in [3.63, 3.8) is 0 Å². The first-order valence-corrected chi connectivity index (χ1v) is 11.5. The molecule has 4 rings (SSSR count). The third kappa shape index (κ3) is 4.57. The van der Waals surface area contributed by atoms with Crippen LogP contribution in [0.25, 0.3) is 0 Å². The molecule has 0 bridgehead atoms. The van der Waals surface area contributed by atoms with Gasteiger partial charge in [-0.1, -0.05) is 35.9 Å². The van der Waals surface area contributed by atoms with Crippen molar-refractivity contribution in [2.45, 2.75) is 34.6 Å². The number of rotatable bonds is 5. The van der Waals surface area contributed by atoms with Gasteiger partial charge in [-0.25, -0.2) is 9.69 Å². The van der Waals surface area contributed by atoms with Crippen LogP contribution < -0.4 is 15.0 Å². The monoisotopic (exact) mass is 488 g/mol. The summed E-state index contributed by atoms with van der Waals surface area (Å²) in [6, 6.07) is 15.9. The summed E-state index contributed by atoms with van der Waals surface area (Å²) >= 11 is 6.26. The van der Waals surface area contributed by atoms with Crippen molar-refractivity contribution in [2.24, 2.45) is 0 Å². The topological polar surface area (TPSA) is 75.7 Å². The molecule has 6 nitrogen and oxygen atoms in total. The van der Waals surface area contributed by atoms with Gasteiger partial charge in [-0.2, -0.15) is 0 Å². The van der Waals surface area contributed by atoms with E-state index < -0.39 is 17.8 Å². The molecule has 35 heavy (non-hydrogen) atoms. The van der Waals surface area contributed by atoms with Gasteiger partial charge in [0.1, 0.15) is 16.5 Å². The zero-order valence-electron chi connectivity index (χ0n) is 20.2. The number of halogens is 1. The molecule has 0 spiro atoms. The summed E-state index contributed by atoms with van der Waals surface area (Å²) < 4.78 is 5.65. The van der Waals surface area contributed by atoms with E-state index in [1.54, 1.807) is 30.3 Å². The predicted molar refractivity (Wildman–Crippen MR) is 137 cm³/mol. The van der Waals surface area contributed by atoms with Crippen LogP contribution in [0.4, 0.5) is 11.4 Å². The largest absolute Gasteiger partial charge is 0.422 e. The van der Waals surface area contributed by atoms with Crippen LogP contribution >= 0.6 is 11.6 Å². The highest BCUT2D eigenvalue weighted by atomic mass is 35.5. The number of hydrogen-bond donors (Lipinski definition) is 1. The summed E-state index contributed by atoms with van der Waals surface area (Å²) in [6.45, 7) is 9.48. The molecular formula is C28H25ClN2O4. The lowest BCUT2D eigenvalue weighted by molar-refractivity contribution is -0.120. The van der Waals surface area contributed by atoms with E-state index >= 15 is 0 Å². The van der Waals surface area contributed by atoms with Crippen molar-refractivity contribution in [1.82, 2.24) is 0 Å². The van der Waals surface area contributed by atoms with E-state index in [-0.39, 0.29) is 10.7 Å². The Morgan fingerprint density at radius 1 is 0.829 bits per heavy atom. The Bertz CT molecular complexity index is 1410. The Labute approximate surface area is 209 Å². The molecule has 178 valence electrons. The fourth-order valence-corrected chi connectivity index (χ4v) is 4.07. The molecule has 0 unspecified atom stereocenters. The van der Waals surface area contributed by atoms with Crippen LogP contribution in [-0.4, -0.2) is 17.8 Å². The van der Waals surface area contributed by atoms with E-state index in [2.05, 4.69) is 5.32 Å². The molecule has 0 saturated heterocycles. The van der Waals surface area contributed by atoms with Crippen LogP contribution in [0.5, 0.6) is 5.75 Å². The fourth-order valence-electron chi connectivity index (χ4n) is 3.86. The minimum atomic E-state index is -0.586. The smallest absolute Gasteiger partial charge is 0.343 e. The number of carbonyl (C=O) groups excluding carboxylic acids is 3. The molecular weight excluding hydrogens is 464 g/mol. The number of ether oxygens (including phenoxy) is 1. The number of imide groups is 1. The molecule has 1 N–H and O–H groups in total. The number of anilines is 2. The minimum absolute atomic E-state index is 0.0149. The Hall–Kier alpha value is -3.90. The van der Waals surface area contributed by atoms with Crippen LogP contribution in [0, 0.1) is 34.6 Å². The van der Waals surface area contributed by atoms with Crippen LogP contribution in [0.2, 0.25) is 0 Å². The molecule has 0 saturated carbocycles. The van der Waals surface area contributed by atoms with Crippen LogP contribution in [0.3, 0.4) is 0 Å². The summed E-state index contributed by atoms with van der Waals surface area (Å²) in [5, 5.41) is 2.74.